The quantitative estimate of drug-likeness (QED) is 0.822. The molecular weight excluding hydrogens is 224 g/mol. The summed E-state index contributed by atoms with van der Waals surface area (Å²) in [5.41, 5.74) is 0.864. The Morgan fingerprint density at radius 1 is 1.50 bits per heavy atom. The minimum absolute atomic E-state index is 0.204. The fourth-order valence-electron chi connectivity index (χ4n) is 1.60. The van der Waals surface area contributed by atoms with Crippen LogP contribution in [0, 0.1) is 0 Å². The molecule has 0 aliphatic carbocycles. The summed E-state index contributed by atoms with van der Waals surface area (Å²) in [5, 5.41) is 10.1. The van der Waals surface area contributed by atoms with Crippen molar-refractivity contribution in [3.8, 4) is 5.75 Å². The van der Waals surface area contributed by atoms with Crippen molar-refractivity contribution in [2.45, 2.75) is 13.0 Å². The van der Waals surface area contributed by atoms with Gasteiger partial charge in [-0.2, -0.15) is 0 Å². The minimum atomic E-state index is 0.204. The van der Waals surface area contributed by atoms with Gasteiger partial charge in [0.05, 0.1) is 16.3 Å². The van der Waals surface area contributed by atoms with Crippen LogP contribution in [0.25, 0.3) is 10.2 Å². The molecule has 0 saturated carbocycles. The molecule has 0 spiro atoms. The molecule has 1 aromatic carbocycles. The van der Waals surface area contributed by atoms with Gasteiger partial charge in [0.15, 0.2) is 5.01 Å². The summed E-state index contributed by atoms with van der Waals surface area (Å²) in [4.78, 5) is 8.78. The zero-order valence-corrected chi connectivity index (χ0v) is 9.49. The number of aromatic hydroxyl groups is 1. The van der Waals surface area contributed by atoms with Crippen LogP contribution in [0.5, 0.6) is 5.75 Å². The SMILES string of the molecule is CC1COC(c2nc3ccc(O)cc3s2)=N1. The lowest BCUT2D eigenvalue weighted by Crippen LogP contribution is -2.01. The molecule has 5 heteroatoms. The molecule has 16 heavy (non-hydrogen) atoms. The van der Waals surface area contributed by atoms with E-state index >= 15 is 0 Å². The number of rotatable bonds is 1. The molecule has 82 valence electrons. The van der Waals surface area contributed by atoms with E-state index in [-0.39, 0.29) is 11.8 Å². The van der Waals surface area contributed by atoms with Crippen LogP contribution in [0.4, 0.5) is 0 Å². The summed E-state index contributed by atoms with van der Waals surface area (Å²) >= 11 is 1.48. The van der Waals surface area contributed by atoms with E-state index in [1.54, 1.807) is 18.2 Å². The Morgan fingerprint density at radius 3 is 3.12 bits per heavy atom. The van der Waals surface area contributed by atoms with Crippen LogP contribution < -0.4 is 0 Å². The van der Waals surface area contributed by atoms with Gasteiger partial charge in [0.2, 0.25) is 5.90 Å². The molecule has 1 atom stereocenters. The Labute approximate surface area is 96.2 Å². The zero-order chi connectivity index (χ0) is 11.1. The van der Waals surface area contributed by atoms with Gasteiger partial charge in [-0.1, -0.05) is 0 Å². The molecule has 0 radical (unpaired) electrons. The summed E-state index contributed by atoms with van der Waals surface area (Å²) in [6.07, 6.45) is 0. The highest BCUT2D eigenvalue weighted by Crippen LogP contribution is 2.27. The van der Waals surface area contributed by atoms with Gasteiger partial charge in [0.1, 0.15) is 12.4 Å². The fourth-order valence-corrected chi connectivity index (χ4v) is 2.55. The second-order valence-corrected chi connectivity index (χ2v) is 4.80. The molecule has 1 aliphatic heterocycles. The lowest BCUT2D eigenvalue weighted by Gasteiger charge is -1.94. The van der Waals surface area contributed by atoms with Crippen LogP contribution >= 0.6 is 11.3 Å². The van der Waals surface area contributed by atoms with Crippen molar-refractivity contribution >= 4 is 27.5 Å². The van der Waals surface area contributed by atoms with Gasteiger partial charge in [-0.3, -0.25) is 0 Å². The van der Waals surface area contributed by atoms with E-state index in [0.717, 1.165) is 15.2 Å². The first-order valence-corrected chi connectivity index (χ1v) is 5.84. The lowest BCUT2D eigenvalue weighted by atomic mass is 10.3. The van der Waals surface area contributed by atoms with Crippen LogP contribution in [0.15, 0.2) is 23.2 Å². The molecule has 0 bridgehead atoms. The van der Waals surface area contributed by atoms with Crippen molar-refractivity contribution in [3.05, 3.63) is 23.2 Å². The van der Waals surface area contributed by atoms with Crippen LogP contribution in [-0.4, -0.2) is 28.6 Å². The summed E-state index contributed by atoms with van der Waals surface area (Å²) in [7, 11) is 0. The molecule has 1 N–H and O–H groups in total. The van der Waals surface area contributed by atoms with E-state index in [4.69, 9.17) is 4.74 Å². The summed E-state index contributed by atoms with van der Waals surface area (Å²) in [6, 6.07) is 5.33. The van der Waals surface area contributed by atoms with Crippen molar-refractivity contribution < 1.29 is 9.84 Å². The molecule has 2 aromatic rings. The monoisotopic (exact) mass is 234 g/mol. The van der Waals surface area contributed by atoms with Gasteiger partial charge in [0.25, 0.3) is 0 Å². The molecule has 1 aromatic heterocycles. The second kappa shape index (κ2) is 3.45. The molecule has 4 nitrogen and oxygen atoms in total. The Balaban J connectivity index is 2.09. The van der Waals surface area contributed by atoms with Crippen LogP contribution in [-0.2, 0) is 4.74 Å². The molecule has 0 fully saturated rings. The zero-order valence-electron chi connectivity index (χ0n) is 8.67. The number of thiazole rings is 1. The number of fused-ring (bicyclic) bond motifs is 1. The molecule has 1 aliphatic rings. The summed E-state index contributed by atoms with van der Waals surface area (Å²) in [6.45, 7) is 2.63. The highest BCUT2D eigenvalue weighted by molar-refractivity contribution is 7.20. The summed E-state index contributed by atoms with van der Waals surface area (Å²) < 4.78 is 6.39. The van der Waals surface area contributed by atoms with Crippen LogP contribution in [0.2, 0.25) is 0 Å². The normalized spacial score (nSPS) is 19.8. The van der Waals surface area contributed by atoms with Crippen molar-refractivity contribution in [1.29, 1.82) is 0 Å². The number of ether oxygens (including phenoxy) is 1. The third-order valence-corrected chi connectivity index (χ3v) is 3.36. The highest BCUT2D eigenvalue weighted by Gasteiger charge is 2.19. The smallest absolute Gasteiger partial charge is 0.246 e. The Morgan fingerprint density at radius 2 is 2.38 bits per heavy atom. The standard InChI is InChI=1S/C11H10N2O2S/c1-6-5-15-10(12-6)11-13-8-3-2-7(14)4-9(8)16-11/h2-4,6,14H,5H2,1H3. The number of phenols is 1. The Bertz CT molecular complexity index is 576. The number of hydrogen-bond donors (Lipinski definition) is 1. The number of aromatic nitrogens is 1. The first kappa shape index (κ1) is 9.59. The molecular formula is C11H10N2O2S. The lowest BCUT2D eigenvalue weighted by molar-refractivity contribution is 0.324. The third-order valence-electron chi connectivity index (χ3n) is 2.35. The molecule has 3 rings (SSSR count). The Hall–Kier alpha value is -1.62. The summed E-state index contributed by atoms with van der Waals surface area (Å²) in [5.74, 6) is 0.874. The first-order valence-electron chi connectivity index (χ1n) is 5.03. The molecule has 0 saturated heterocycles. The maximum Gasteiger partial charge on any atom is 0.246 e. The van der Waals surface area contributed by atoms with Crippen molar-refractivity contribution in [3.63, 3.8) is 0 Å². The fraction of sp³-hybridized carbons (Fsp3) is 0.273. The average Bonchev–Trinajstić information content (AvgIpc) is 2.83. The van der Waals surface area contributed by atoms with E-state index in [1.807, 2.05) is 6.92 Å². The van der Waals surface area contributed by atoms with Gasteiger partial charge in [-0.25, -0.2) is 9.98 Å². The van der Waals surface area contributed by atoms with Gasteiger partial charge >= 0.3 is 0 Å². The van der Waals surface area contributed by atoms with Crippen LogP contribution in [0.1, 0.15) is 11.9 Å². The Kier molecular flexibility index (Phi) is 2.07. The maximum absolute atomic E-state index is 9.36. The number of benzene rings is 1. The predicted molar refractivity (Wildman–Crippen MR) is 63.2 cm³/mol. The van der Waals surface area contributed by atoms with Crippen LogP contribution in [0.3, 0.4) is 0 Å². The van der Waals surface area contributed by atoms with Gasteiger partial charge in [-0.05, 0) is 25.1 Å². The molecule has 2 heterocycles. The minimum Gasteiger partial charge on any atom is -0.508 e. The largest absolute Gasteiger partial charge is 0.508 e. The van der Waals surface area contributed by atoms with E-state index < -0.39 is 0 Å². The number of hydrogen-bond acceptors (Lipinski definition) is 5. The third kappa shape index (κ3) is 1.53. The van der Waals surface area contributed by atoms with Crippen molar-refractivity contribution in [2.24, 2.45) is 4.99 Å². The average molecular weight is 234 g/mol. The predicted octanol–water partition coefficient (Wildman–Crippen LogP) is 2.17. The van der Waals surface area contributed by atoms with E-state index in [9.17, 15) is 5.11 Å². The molecule has 0 amide bonds. The topological polar surface area (TPSA) is 54.7 Å². The van der Waals surface area contributed by atoms with E-state index in [2.05, 4.69) is 9.98 Å². The number of aliphatic imine (C=N–C) groups is 1. The number of phenolic OH excluding ortho intramolecular Hbond substituents is 1. The van der Waals surface area contributed by atoms with Gasteiger partial charge in [0, 0.05) is 0 Å². The van der Waals surface area contributed by atoms with E-state index in [1.165, 1.54) is 11.3 Å². The van der Waals surface area contributed by atoms with Gasteiger partial charge < -0.3 is 9.84 Å². The molecule has 1 unspecified atom stereocenters. The van der Waals surface area contributed by atoms with Crippen molar-refractivity contribution in [1.82, 2.24) is 4.98 Å². The van der Waals surface area contributed by atoms with Crippen molar-refractivity contribution in [2.75, 3.05) is 6.61 Å². The van der Waals surface area contributed by atoms with Gasteiger partial charge in [-0.15, -0.1) is 11.3 Å². The highest BCUT2D eigenvalue weighted by atomic mass is 32.1. The maximum atomic E-state index is 9.36. The first-order chi connectivity index (χ1) is 7.72. The number of nitrogens with zero attached hydrogens (tertiary/aromatic N) is 2. The van der Waals surface area contributed by atoms with E-state index in [0.29, 0.717) is 12.5 Å². The second-order valence-electron chi connectivity index (χ2n) is 3.77.